The molecule has 8 heteroatoms. The van der Waals surface area contributed by atoms with Crippen molar-refractivity contribution in [2.75, 3.05) is 20.2 Å². The smallest absolute Gasteiger partial charge is 0.281 e. The zero-order chi connectivity index (χ0) is 28.0. The number of amides is 1. The van der Waals surface area contributed by atoms with Crippen molar-refractivity contribution in [2.45, 2.75) is 25.3 Å². The van der Waals surface area contributed by atoms with E-state index in [9.17, 15) is 4.79 Å². The van der Waals surface area contributed by atoms with Gasteiger partial charge < -0.3 is 23.7 Å². The first kappa shape index (κ1) is 24.8. The molecule has 4 aromatic rings. The van der Waals surface area contributed by atoms with Crippen LogP contribution in [0.15, 0.2) is 89.5 Å². The van der Waals surface area contributed by atoms with Crippen molar-refractivity contribution in [2.24, 2.45) is 11.0 Å². The number of benzene rings is 4. The Morgan fingerprint density at radius 1 is 0.857 bits per heavy atom. The lowest BCUT2D eigenvalue weighted by Gasteiger charge is -2.29. The molecule has 3 heterocycles. The molecule has 8 rings (SSSR count). The number of hydrogen-bond donors (Lipinski definition) is 0. The van der Waals surface area contributed by atoms with Gasteiger partial charge in [-0.05, 0) is 89.2 Å². The first-order valence-corrected chi connectivity index (χ1v) is 14.2. The molecule has 0 N–H and O–H groups in total. The third-order valence-corrected chi connectivity index (χ3v) is 8.32. The Labute approximate surface area is 242 Å². The highest BCUT2D eigenvalue weighted by Gasteiger charge is 2.44. The van der Waals surface area contributed by atoms with Crippen molar-refractivity contribution < 1.29 is 28.5 Å². The normalized spacial score (nSPS) is 21.0. The van der Waals surface area contributed by atoms with Gasteiger partial charge in [-0.2, -0.15) is 5.10 Å². The monoisotopic (exact) mass is 560 g/mol. The molecule has 42 heavy (non-hydrogen) atoms. The number of rotatable bonds is 5. The summed E-state index contributed by atoms with van der Waals surface area (Å²) in [4.78, 5) is 13.8. The lowest BCUT2D eigenvalue weighted by Crippen LogP contribution is -2.34. The zero-order valence-corrected chi connectivity index (χ0v) is 22.8. The molecule has 1 aliphatic carbocycles. The zero-order valence-electron chi connectivity index (χ0n) is 22.8. The van der Waals surface area contributed by atoms with Crippen molar-refractivity contribution in [3.8, 4) is 28.7 Å². The molecule has 1 amide bonds. The van der Waals surface area contributed by atoms with Crippen LogP contribution < -0.4 is 23.7 Å². The Bertz CT molecular complexity index is 1780. The van der Waals surface area contributed by atoms with Crippen molar-refractivity contribution in [1.82, 2.24) is 5.01 Å². The maximum atomic E-state index is 13.8. The van der Waals surface area contributed by atoms with E-state index in [0.717, 1.165) is 63.9 Å². The van der Waals surface area contributed by atoms with Gasteiger partial charge in [0.05, 0.1) is 11.8 Å². The molecule has 2 unspecified atom stereocenters. The summed E-state index contributed by atoms with van der Waals surface area (Å²) >= 11 is 0. The highest BCUT2D eigenvalue weighted by molar-refractivity contribution is 6.08. The number of hydrogen-bond acceptors (Lipinski definition) is 7. The van der Waals surface area contributed by atoms with Crippen LogP contribution in [0.2, 0.25) is 0 Å². The third-order valence-electron chi connectivity index (χ3n) is 8.32. The fourth-order valence-electron chi connectivity index (χ4n) is 6.31. The lowest BCUT2D eigenvalue weighted by molar-refractivity contribution is -0.135. The summed E-state index contributed by atoms with van der Waals surface area (Å²) in [5.74, 6) is 3.39. The van der Waals surface area contributed by atoms with E-state index < -0.39 is 0 Å². The molecule has 3 aliphatic heterocycles. The summed E-state index contributed by atoms with van der Waals surface area (Å²) in [5, 5.41) is 8.80. The number of hydrazone groups is 1. The Morgan fingerprint density at radius 2 is 1.62 bits per heavy atom. The van der Waals surface area contributed by atoms with Crippen LogP contribution in [0.1, 0.15) is 36.4 Å². The van der Waals surface area contributed by atoms with E-state index in [4.69, 9.17) is 28.8 Å². The largest absolute Gasteiger partial charge is 0.484 e. The molecule has 0 aromatic heterocycles. The number of carbonyl (C=O) groups is 1. The molecule has 0 radical (unpaired) electrons. The van der Waals surface area contributed by atoms with Gasteiger partial charge in [0.1, 0.15) is 5.75 Å². The summed E-state index contributed by atoms with van der Waals surface area (Å²) in [7, 11) is 0. The van der Waals surface area contributed by atoms with Crippen LogP contribution in [0.4, 0.5) is 0 Å². The van der Waals surface area contributed by atoms with Gasteiger partial charge in [0.2, 0.25) is 13.6 Å². The standard InChI is InChI=1S/C34H28N2O6/c37-32(18-38-26-11-9-22-4-1-2-5-23(22)16-26)36-34(25-10-13-29-31(17-25)42-20-40-29)27-7-3-6-24(33(27)35-36)14-21-8-12-28-30(15-21)41-19-39-28/h1-2,4-5,8-17,27,34H,3,6-7,18-20H2/b24-14+. The average Bonchev–Trinajstić information content (AvgIpc) is 3.78. The Kier molecular flexibility index (Phi) is 5.98. The van der Waals surface area contributed by atoms with Gasteiger partial charge in [-0.25, -0.2) is 5.01 Å². The van der Waals surface area contributed by atoms with E-state index in [1.54, 1.807) is 5.01 Å². The molecule has 4 aromatic carbocycles. The highest BCUT2D eigenvalue weighted by atomic mass is 16.7. The summed E-state index contributed by atoms with van der Waals surface area (Å²) in [6.45, 7) is 0.309. The van der Waals surface area contributed by atoms with Gasteiger partial charge >= 0.3 is 0 Å². The molecule has 210 valence electrons. The Morgan fingerprint density at radius 3 is 2.48 bits per heavy atom. The van der Waals surface area contributed by atoms with Crippen LogP contribution in [0.3, 0.4) is 0 Å². The number of nitrogens with zero attached hydrogens (tertiary/aromatic N) is 2. The van der Waals surface area contributed by atoms with Crippen molar-refractivity contribution >= 4 is 28.5 Å². The predicted molar refractivity (Wildman–Crippen MR) is 157 cm³/mol. The van der Waals surface area contributed by atoms with Crippen LogP contribution in [0.25, 0.3) is 16.8 Å². The van der Waals surface area contributed by atoms with Gasteiger partial charge in [-0.1, -0.05) is 42.5 Å². The molecule has 2 atom stereocenters. The quantitative estimate of drug-likeness (QED) is 0.277. The Balaban J connectivity index is 1.12. The second-order valence-electron chi connectivity index (χ2n) is 10.9. The molecule has 1 fully saturated rings. The van der Waals surface area contributed by atoms with Crippen molar-refractivity contribution in [3.63, 3.8) is 0 Å². The summed E-state index contributed by atoms with van der Waals surface area (Å²) in [6.07, 6.45) is 4.96. The molecule has 8 nitrogen and oxygen atoms in total. The number of fused-ring (bicyclic) bond motifs is 4. The molecule has 4 aliphatic rings. The van der Waals surface area contributed by atoms with Gasteiger partial charge in [0, 0.05) is 5.92 Å². The summed E-state index contributed by atoms with van der Waals surface area (Å²) in [5.41, 5.74) is 4.05. The molecule has 1 saturated carbocycles. The second-order valence-corrected chi connectivity index (χ2v) is 10.9. The molecule has 0 bridgehead atoms. The Hall–Kier alpha value is -4.98. The van der Waals surface area contributed by atoms with E-state index in [-0.39, 0.29) is 38.1 Å². The van der Waals surface area contributed by atoms with Crippen molar-refractivity contribution in [3.05, 3.63) is 95.6 Å². The number of carbonyl (C=O) groups excluding carboxylic acids is 1. The minimum Gasteiger partial charge on any atom is -0.484 e. The van der Waals surface area contributed by atoms with E-state index in [2.05, 4.69) is 12.1 Å². The van der Waals surface area contributed by atoms with Gasteiger partial charge in [-0.15, -0.1) is 0 Å². The predicted octanol–water partition coefficient (Wildman–Crippen LogP) is 6.50. The van der Waals surface area contributed by atoms with E-state index in [0.29, 0.717) is 17.2 Å². The van der Waals surface area contributed by atoms with Crippen LogP contribution >= 0.6 is 0 Å². The first-order valence-electron chi connectivity index (χ1n) is 14.2. The fourth-order valence-corrected chi connectivity index (χ4v) is 6.31. The maximum Gasteiger partial charge on any atom is 0.281 e. The SMILES string of the molecule is O=C(COc1ccc2ccccc2c1)N1N=C2/C(=C/c3ccc4c(c3)OCO4)CCCC2C1c1ccc2c(c1)OCO2. The first-order chi connectivity index (χ1) is 20.7. The summed E-state index contributed by atoms with van der Waals surface area (Å²) in [6, 6.07) is 25.5. The van der Waals surface area contributed by atoms with Gasteiger partial charge in [0.15, 0.2) is 29.6 Å². The summed E-state index contributed by atoms with van der Waals surface area (Å²) < 4.78 is 28.3. The van der Waals surface area contributed by atoms with E-state index in [1.807, 2.05) is 72.8 Å². The van der Waals surface area contributed by atoms with Gasteiger partial charge in [-0.3, -0.25) is 4.79 Å². The van der Waals surface area contributed by atoms with E-state index >= 15 is 0 Å². The van der Waals surface area contributed by atoms with Crippen LogP contribution in [-0.2, 0) is 4.79 Å². The molecule has 0 spiro atoms. The minimum atomic E-state index is -0.275. The number of ether oxygens (including phenoxy) is 5. The third kappa shape index (κ3) is 4.40. The minimum absolute atomic E-state index is 0.0454. The molecular formula is C34H28N2O6. The number of allylic oxidation sites excluding steroid dienone is 1. The van der Waals surface area contributed by atoms with Crippen LogP contribution in [-0.4, -0.2) is 36.8 Å². The lowest BCUT2D eigenvalue weighted by atomic mass is 9.77. The average molecular weight is 561 g/mol. The second kappa shape index (κ2) is 10.1. The molecule has 0 saturated heterocycles. The van der Waals surface area contributed by atoms with Gasteiger partial charge in [0.25, 0.3) is 5.91 Å². The highest BCUT2D eigenvalue weighted by Crippen LogP contribution is 2.46. The van der Waals surface area contributed by atoms with Crippen molar-refractivity contribution in [1.29, 1.82) is 0 Å². The maximum absolute atomic E-state index is 13.8. The topological polar surface area (TPSA) is 78.8 Å². The fraction of sp³-hybridized carbons (Fsp3) is 0.235. The molecular weight excluding hydrogens is 532 g/mol. The van der Waals surface area contributed by atoms with E-state index in [1.165, 1.54) is 0 Å². The van der Waals surface area contributed by atoms with Crippen LogP contribution in [0, 0.1) is 5.92 Å². The van der Waals surface area contributed by atoms with Crippen LogP contribution in [0.5, 0.6) is 28.7 Å².